The highest BCUT2D eigenvalue weighted by molar-refractivity contribution is 9.09. The number of hydrogen-bond acceptors (Lipinski definition) is 3. The molecule has 0 aromatic heterocycles. The van der Waals surface area contributed by atoms with Gasteiger partial charge in [-0.2, -0.15) is 5.26 Å². The number of ketones is 1. The molecule has 0 atom stereocenters. The minimum Gasteiger partial charge on any atom is -0.497 e. The highest BCUT2D eigenvalue weighted by Gasteiger charge is 2.07. The van der Waals surface area contributed by atoms with Crippen molar-refractivity contribution in [2.45, 2.75) is 0 Å². The molecule has 1 aromatic rings. The molecule has 0 spiro atoms. The van der Waals surface area contributed by atoms with Gasteiger partial charge in [0.1, 0.15) is 5.75 Å². The molecular formula is C10H8BrNO2. The highest BCUT2D eigenvalue weighted by Crippen LogP contribution is 2.17. The van der Waals surface area contributed by atoms with Crippen molar-refractivity contribution in [3.05, 3.63) is 29.3 Å². The van der Waals surface area contributed by atoms with Crippen LogP contribution in [0, 0.1) is 11.3 Å². The van der Waals surface area contributed by atoms with E-state index in [2.05, 4.69) is 15.9 Å². The second-order valence-corrected chi connectivity index (χ2v) is 3.18. The van der Waals surface area contributed by atoms with Gasteiger partial charge < -0.3 is 4.74 Å². The van der Waals surface area contributed by atoms with Gasteiger partial charge in [0, 0.05) is 5.56 Å². The summed E-state index contributed by atoms with van der Waals surface area (Å²) >= 11 is 3.07. The van der Waals surface area contributed by atoms with Crippen LogP contribution in [-0.4, -0.2) is 18.2 Å². The third-order valence-electron chi connectivity index (χ3n) is 1.71. The Morgan fingerprint density at radius 2 is 2.29 bits per heavy atom. The van der Waals surface area contributed by atoms with Crippen LogP contribution in [0.5, 0.6) is 5.75 Å². The molecule has 0 unspecified atom stereocenters. The zero-order chi connectivity index (χ0) is 10.6. The summed E-state index contributed by atoms with van der Waals surface area (Å²) in [5.41, 5.74) is 0.909. The van der Waals surface area contributed by atoms with Crippen LogP contribution in [0.25, 0.3) is 0 Å². The van der Waals surface area contributed by atoms with Crippen LogP contribution >= 0.6 is 15.9 Å². The summed E-state index contributed by atoms with van der Waals surface area (Å²) in [6.07, 6.45) is 0. The van der Waals surface area contributed by atoms with Crippen LogP contribution in [0.1, 0.15) is 15.9 Å². The molecule has 0 radical (unpaired) electrons. The minimum absolute atomic E-state index is 0.0691. The van der Waals surface area contributed by atoms with Gasteiger partial charge in [0.05, 0.1) is 24.1 Å². The van der Waals surface area contributed by atoms with E-state index in [1.165, 1.54) is 7.11 Å². The lowest BCUT2D eigenvalue weighted by Crippen LogP contribution is -2.01. The summed E-state index contributed by atoms with van der Waals surface area (Å²) in [7, 11) is 1.50. The van der Waals surface area contributed by atoms with E-state index in [4.69, 9.17) is 10.00 Å². The number of rotatable bonds is 3. The van der Waals surface area contributed by atoms with Crippen LogP contribution in [0.2, 0.25) is 0 Å². The van der Waals surface area contributed by atoms with Crippen molar-refractivity contribution in [2.75, 3.05) is 12.4 Å². The number of halogens is 1. The summed E-state index contributed by atoms with van der Waals surface area (Å²) < 4.78 is 4.97. The van der Waals surface area contributed by atoms with Crippen molar-refractivity contribution in [2.24, 2.45) is 0 Å². The first kappa shape index (κ1) is 10.7. The molecule has 0 amide bonds. The van der Waals surface area contributed by atoms with Gasteiger partial charge in [0.2, 0.25) is 0 Å². The average Bonchev–Trinajstić information content (AvgIpc) is 2.27. The maximum absolute atomic E-state index is 11.3. The van der Waals surface area contributed by atoms with Crippen molar-refractivity contribution in [1.29, 1.82) is 5.26 Å². The Balaban J connectivity index is 3.19. The largest absolute Gasteiger partial charge is 0.497 e. The first-order valence-corrected chi connectivity index (χ1v) is 5.01. The first-order valence-electron chi connectivity index (χ1n) is 3.89. The number of hydrogen-bond donors (Lipinski definition) is 0. The molecule has 0 N–H and O–H groups in total. The zero-order valence-corrected chi connectivity index (χ0v) is 9.17. The summed E-state index contributed by atoms with van der Waals surface area (Å²) in [4.78, 5) is 11.3. The van der Waals surface area contributed by atoms with Gasteiger partial charge in [0.25, 0.3) is 0 Å². The van der Waals surface area contributed by atoms with E-state index in [9.17, 15) is 4.79 Å². The Labute approximate surface area is 90.4 Å². The van der Waals surface area contributed by atoms with Crippen molar-refractivity contribution in [1.82, 2.24) is 0 Å². The molecular weight excluding hydrogens is 246 g/mol. The van der Waals surface area contributed by atoms with Gasteiger partial charge in [-0.1, -0.05) is 15.9 Å². The molecule has 0 aliphatic rings. The third kappa shape index (κ3) is 2.33. The number of Topliss-reactive ketones (excluding diaryl/α,β-unsaturated/α-hetero) is 1. The quantitative estimate of drug-likeness (QED) is 0.613. The molecule has 0 heterocycles. The molecule has 0 fully saturated rings. The zero-order valence-electron chi connectivity index (χ0n) is 7.58. The third-order valence-corrected chi connectivity index (χ3v) is 2.22. The lowest BCUT2D eigenvalue weighted by atomic mass is 10.1. The van der Waals surface area contributed by atoms with E-state index in [1.54, 1.807) is 18.2 Å². The van der Waals surface area contributed by atoms with Crippen molar-refractivity contribution >= 4 is 21.7 Å². The molecule has 0 aliphatic heterocycles. The minimum atomic E-state index is -0.0691. The standard InChI is InChI=1S/C10H8BrNO2/c1-14-9-3-7(6-12)2-8(4-9)10(13)5-11/h2-4H,5H2,1H3. The monoisotopic (exact) mass is 253 g/mol. The fourth-order valence-electron chi connectivity index (χ4n) is 1.02. The average molecular weight is 254 g/mol. The Kier molecular flexibility index (Phi) is 3.66. The van der Waals surface area contributed by atoms with Gasteiger partial charge in [-0.05, 0) is 18.2 Å². The Hall–Kier alpha value is -1.34. The van der Waals surface area contributed by atoms with Gasteiger partial charge in [-0.3, -0.25) is 4.79 Å². The smallest absolute Gasteiger partial charge is 0.173 e. The van der Waals surface area contributed by atoms with Gasteiger partial charge >= 0.3 is 0 Å². The summed E-state index contributed by atoms with van der Waals surface area (Å²) in [5, 5.41) is 8.95. The molecule has 3 nitrogen and oxygen atoms in total. The second kappa shape index (κ2) is 4.77. The van der Waals surface area contributed by atoms with Crippen LogP contribution in [0.3, 0.4) is 0 Å². The number of ether oxygens (including phenoxy) is 1. The van der Waals surface area contributed by atoms with Gasteiger partial charge in [-0.15, -0.1) is 0 Å². The Bertz CT molecular complexity index is 396. The summed E-state index contributed by atoms with van der Waals surface area (Å²) in [5.74, 6) is 0.453. The maximum atomic E-state index is 11.3. The highest BCUT2D eigenvalue weighted by atomic mass is 79.9. The topological polar surface area (TPSA) is 50.1 Å². The Morgan fingerprint density at radius 1 is 1.57 bits per heavy atom. The molecule has 0 bridgehead atoms. The first-order chi connectivity index (χ1) is 6.71. The fourth-order valence-corrected chi connectivity index (χ4v) is 1.34. The number of methoxy groups -OCH3 is 1. The van der Waals surface area contributed by atoms with E-state index in [0.717, 1.165) is 0 Å². The SMILES string of the molecule is COc1cc(C#N)cc(C(=O)CBr)c1. The van der Waals surface area contributed by atoms with Crippen LogP contribution in [0.15, 0.2) is 18.2 Å². The number of carbonyl (C=O) groups is 1. The number of carbonyl (C=O) groups excluding carboxylic acids is 1. The summed E-state index contributed by atoms with van der Waals surface area (Å²) in [6, 6.07) is 6.73. The molecule has 0 saturated carbocycles. The van der Waals surface area contributed by atoms with Gasteiger partial charge in [-0.25, -0.2) is 0 Å². The van der Waals surface area contributed by atoms with E-state index in [1.807, 2.05) is 6.07 Å². The van der Waals surface area contributed by atoms with Crippen LogP contribution in [-0.2, 0) is 0 Å². The molecule has 72 valence electrons. The number of nitrogens with zero attached hydrogens (tertiary/aromatic N) is 1. The predicted molar refractivity (Wildman–Crippen MR) is 55.8 cm³/mol. The second-order valence-electron chi connectivity index (χ2n) is 2.62. The lowest BCUT2D eigenvalue weighted by molar-refractivity contribution is 0.102. The molecule has 0 aliphatic carbocycles. The number of nitriles is 1. The Morgan fingerprint density at radius 3 is 2.79 bits per heavy atom. The molecule has 1 aromatic carbocycles. The van der Waals surface area contributed by atoms with Crippen molar-refractivity contribution in [3.8, 4) is 11.8 Å². The van der Waals surface area contributed by atoms with E-state index in [0.29, 0.717) is 16.9 Å². The van der Waals surface area contributed by atoms with E-state index in [-0.39, 0.29) is 11.1 Å². The number of benzene rings is 1. The van der Waals surface area contributed by atoms with Crippen LogP contribution < -0.4 is 4.74 Å². The van der Waals surface area contributed by atoms with E-state index >= 15 is 0 Å². The number of alkyl halides is 1. The normalized spacial score (nSPS) is 9.21. The van der Waals surface area contributed by atoms with Crippen molar-refractivity contribution < 1.29 is 9.53 Å². The lowest BCUT2D eigenvalue weighted by Gasteiger charge is -2.03. The van der Waals surface area contributed by atoms with Crippen LogP contribution in [0.4, 0.5) is 0 Å². The summed E-state index contributed by atoms with van der Waals surface area (Å²) in [6.45, 7) is 0. The molecule has 14 heavy (non-hydrogen) atoms. The molecule has 1 rings (SSSR count). The molecule has 4 heteroatoms. The van der Waals surface area contributed by atoms with Gasteiger partial charge in [0.15, 0.2) is 5.78 Å². The maximum Gasteiger partial charge on any atom is 0.173 e. The fraction of sp³-hybridized carbons (Fsp3) is 0.200. The van der Waals surface area contributed by atoms with Crippen molar-refractivity contribution in [3.63, 3.8) is 0 Å². The predicted octanol–water partition coefficient (Wildman–Crippen LogP) is 2.14. The van der Waals surface area contributed by atoms with E-state index < -0.39 is 0 Å². The molecule has 0 saturated heterocycles.